The average Bonchev–Trinajstić information content (AvgIpc) is 2.67. The fourth-order valence-electron chi connectivity index (χ4n) is 3.06. The monoisotopic (exact) mass is 370 g/mol. The zero-order valence-electron chi connectivity index (χ0n) is 17.2. The van der Waals surface area contributed by atoms with Gasteiger partial charge in [-0.05, 0) is 50.7 Å². The topological polar surface area (TPSA) is 42.0 Å². The molecule has 146 valence electrons. The Balaban J connectivity index is 2.08. The second-order valence-corrected chi connectivity index (χ2v) is 6.98. The summed E-state index contributed by atoms with van der Waals surface area (Å²) in [7, 11) is 8.97. The first kappa shape index (κ1) is 20.8. The van der Waals surface area contributed by atoms with E-state index < -0.39 is 0 Å². The zero-order chi connectivity index (χ0) is 20.0. The molecule has 0 heterocycles. The maximum atomic E-state index is 13.1. The van der Waals surface area contributed by atoms with E-state index in [9.17, 15) is 4.79 Å². The summed E-state index contributed by atoms with van der Waals surface area (Å²) in [5.74, 6) is 1.50. The number of rotatable bonds is 8. The second kappa shape index (κ2) is 9.42. The normalized spacial score (nSPS) is 12.0. The Hall–Kier alpha value is -2.53. The molecule has 2 aromatic rings. The van der Waals surface area contributed by atoms with Crippen molar-refractivity contribution in [3.63, 3.8) is 0 Å². The van der Waals surface area contributed by atoms with Gasteiger partial charge in [-0.3, -0.25) is 9.69 Å². The number of amides is 1. The van der Waals surface area contributed by atoms with Crippen molar-refractivity contribution in [3.05, 3.63) is 59.2 Å². The molecular formula is C22H30N2O3. The number of hydrogen-bond donors (Lipinski definition) is 0. The summed E-state index contributed by atoms with van der Waals surface area (Å²) in [5.41, 5.74) is 3.29. The average molecular weight is 370 g/mol. The Morgan fingerprint density at radius 2 is 1.59 bits per heavy atom. The van der Waals surface area contributed by atoms with E-state index in [-0.39, 0.29) is 11.9 Å². The predicted molar refractivity (Wildman–Crippen MR) is 108 cm³/mol. The Labute approximate surface area is 162 Å². The molecule has 0 saturated carbocycles. The first-order valence-corrected chi connectivity index (χ1v) is 9.06. The van der Waals surface area contributed by atoms with Gasteiger partial charge in [-0.15, -0.1) is 0 Å². The predicted octanol–water partition coefficient (Wildman–Crippen LogP) is 3.32. The van der Waals surface area contributed by atoms with Gasteiger partial charge in [-0.1, -0.05) is 35.9 Å². The minimum absolute atomic E-state index is 0.0873. The summed E-state index contributed by atoms with van der Waals surface area (Å²) < 4.78 is 10.6. The van der Waals surface area contributed by atoms with E-state index in [2.05, 4.69) is 0 Å². The minimum atomic E-state index is -0.291. The Morgan fingerprint density at radius 3 is 2.15 bits per heavy atom. The van der Waals surface area contributed by atoms with Crippen molar-refractivity contribution < 1.29 is 14.3 Å². The Bertz CT molecular complexity index is 757. The van der Waals surface area contributed by atoms with Crippen molar-refractivity contribution in [2.75, 3.05) is 41.9 Å². The SMILES string of the molecule is COc1ccc(CCN(C)C(=O)C(c2ccc(C)cc2)N(C)C)cc1OC. The molecule has 0 aromatic heterocycles. The quantitative estimate of drug-likeness (QED) is 0.715. The number of carbonyl (C=O) groups is 1. The molecule has 5 heteroatoms. The molecule has 0 spiro atoms. The summed E-state index contributed by atoms with van der Waals surface area (Å²) in [6, 6.07) is 13.7. The lowest BCUT2D eigenvalue weighted by molar-refractivity contribution is -0.135. The minimum Gasteiger partial charge on any atom is -0.493 e. The van der Waals surface area contributed by atoms with Crippen LogP contribution >= 0.6 is 0 Å². The molecule has 0 aliphatic heterocycles. The van der Waals surface area contributed by atoms with Gasteiger partial charge in [0, 0.05) is 13.6 Å². The number of methoxy groups -OCH3 is 2. The third-order valence-corrected chi connectivity index (χ3v) is 4.70. The van der Waals surface area contributed by atoms with Crippen LogP contribution in [0, 0.1) is 6.92 Å². The molecular weight excluding hydrogens is 340 g/mol. The van der Waals surface area contributed by atoms with E-state index in [0.717, 1.165) is 17.5 Å². The molecule has 0 bridgehead atoms. The maximum absolute atomic E-state index is 13.1. The van der Waals surface area contributed by atoms with E-state index in [1.165, 1.54) is 5.56 Å². The molecule has 0 N–H and O–H groups in total. The van der Waals surface area contributed by atoms with Gasteiger partial charge in [0.1, 0.15) is 6.04 Å². The fourth-order valence-corrected chi connectivity index (χ4v) is 3.06. The third kappa shape index (κ3) is 5.23. The molecule has 1 unspecified atom stereocenters. The molecule has 0 saturated heterocycles. The van der Waals surface area contributed by atoms with Crippen LogP contribution in [-0.4, -0.2) is 57.6 Å². The van der Waals surface area contributed by atoms with Crippen molar-refractivity contribution >= 4 is 5.91 Å². The molecule has 2 rings (SSSR count). The lowest BCUT2D eigenvalue weighted by atomic mass is 10.0. The number of aryl methyl sites for hydroxylation is 1. The Morgan fingerprint density at radius 1 is 0.963 bits per heavy atom. The van der Waals surface area contributed by atoms with E-state index >= 15 is 0 Å². The van der Waals surface area contributed by atoms with Gasteiger partial charge in [-0.25, -0.2) is 0 Å². The first-order chi connectivity index (χ1) is 12.9. The standard InChI is InChI=1S/C22H30N2O3/c1-16-7-10-18(11-8-16)21(23(2)3)22(25)24(4)14-13-17-9-12-19(26-5)20(15-17)27-6/h7-12,15,21H,13-14H2,1-6H3. The van der Waals surface area contributed by atoms with E-state index in [0.29, 0.717) is 18.0 Å². The first-order valence-electron chi connectivity index (χ1n) is 9.06. The molecule has 0 fully saturated rings. The van der Waals surface area contributed by atoms with E-state index in [1.54, 1.807) is 19.1 Å². The van der Waals surface area contributed by atoms with Gasteiger partial charge < -0.3 is 14.4 Å². The lowest BCUT2D eigenvalue weighted by Gasteiger charge is -2.29. The van der Waals surface area contributed by atoms with Crippen LogP contribution in [0.3, 0.4) is 0 Å². The lowest BCUT2D eigenvalue weighted by Crippen LogP contribution is -2.39. The number of hydrogen-bond acceptors (Lipinski definition) is 4. The smallest absolute Gasteiger partial charge is 0.244 e. The number of nitrogens with zero attached hydrogens (tertiary/aromatic N) is 2. The van der Waals surface area contributed by atoms with Crippen LogP contribution < -0.4 is 9.47 Å². The summed E-state index contributed by atoms with van der Waals surface area (Å²) in [6.07, 6.45) is 0.747. The van der Waals surface area contributed by atoms with E-state index in [1.807, 2.05) is 75.4 Å². The van der Waals surface area contributed by atoms with Crippen molar-refractivity contribution in [3.8, 4) is 11.5 Å². The second-order valence-electron chi connectivity index (χ2n) is 6.98. The van der Waals surface area contributed by atoms with Gasteiger partial charge in [-0.2, -0.15) is 0 Å². The van der Waals surface area contributed by atoms with Crippen LogP contribution in [-0.2, 0) is 11.2 Å². The highest BCUT2D eigenvalue weighted by Gasteiger charge is 2.25. The zero-order valence-corrected chi connectivity index (χ0v) is 17.2. The number of carbonyl (C=O) groups excluding carboxylic acids is 1. The summed E-state index contributed by atoms with van der Waals surface area (Å²) in [6.45, 7) is 2.68. The van der Waals surface area contributed by atoms with Crippen LogP contribution in [0.25, 0.3) is 0 Å². The highest BCUT2D eigenvalue weighted by atomic mass is 16.5. The molecule has 0 aliphatic carbocycles. The van der Waals surface area contributed by atoms with Crippen molar-refractivity contribution in [2.45, 2.75) is 19.4 Å². The van der Waals surface area contributed by atoms with Gasteiger partial charge in [0.2, 0.25) is 5.91 Å². The van der Waals surface area contributed by atoms with Crippen LogP contribution in [0.4, 0.5) is 0 Å². The number of ether oxygens (including phenoxy) is 2. The van der Waals surface area contributed by atoms with Crippen LogP contribution in [0.2, 0.25) is 0 Å². The summed E-state index contributed by atoms with van der Waals surface area (Å²) in [5, 5.41) is 0. The molecule has 2 aromatic carbocycles. The van der Waals surface area contributed by atoms with E-state index in [4.69, 9.17) is 9.47 Å². The van der Waals surface area contributed by atoms with Crippen molar-refractivity contribution in [1.82, 2.24) is 9.80 Å². The van der Waals surface area contributed by atoms with Crippen molar-refractivity contribution in [2.24, 2.45) is 0 Å². The van der Waals surface area contributed by atoms with Gasteiger partial charge in [0.25, 0.3) is 0 Å². The third-order valence-electron chi connectivity index (χ3n) is 4.70. The van der Waals surface area contributed by atoms with Gasteiger partial charge in [0.05, 0.1) is 14.2 Å². The number of benzene rings is 2. The highest BCUT2D eigenvalue weighted by Crippen LogP contribution is 2.28. The molecule has 1 atom stereocenters. The van der Waals surface area contributed by atoms with Crippen LogP contribution in [0.5, 0.6) is 11.5 Å². The molecule has 0 radical (unpaired) electrons. The van der Waals surface area contributed by atoms with Gasteiger partial charge >= 0.3 is 0 Å². The number of likely N-dealkylation sites (N-methyl/N-ethyl adjacent to an activating group) is 2. The highest BCUT2D eigenvalue weighted by molar-refractivity contribution is 5.83. The van der Waals surface area contributed by atoms with Gasteiger partial charge in [0.15, 0.2) is 11.5 Å². The maximum Gasteiger partial charge on any atom is 0.244 e. The van der Waals surface area contributed by atoms with Crippen molar-refractivity contribution in [1.29, 1.82) is 0 Å². The summed E-state index contributed by atoms with van der Waals surface area (Å²) >= 11 is 0. The Kier molecular flexibility index (Phi) is 7.25. The largest absolute Gasteiger partial charge is 0.493 e. The van der Waals surface area contributed by atoms with Crippen LogP contribution in [0.15, 0.2) is 42.5 Å². The fraction of sp³-hybridized carbons (Fsp3) is 0.409. The molecule has 27 heavy (non-hydrogen) atoms. The summed E-state index contributed by atoms with van der Waals surface area (Å²) in [4.78, 5) is 16.8. The molecule has 1 amide bonds. The van der Waals surface area contributed by atoms with Crippen LogP contribution in [0.1, 0.15) is 22.7 Å². The molecule has 5 nitrogen and oxygen atoms in total. The molecule has 0 aliphatic rings.